The van der Waals surface area contributed by atoms with Crippen LogP contribution in [0.25, 0.3) is 0 Å². The van der Waals surface area contributed by atoms with Crippen LogP contribution < -0.4 is 10.2 Å². The molecule has 136 valence electrons. The molecule has 0 spiro atoms. The van der Waals surface area contributed by atoms with Gasteiger partial charge in [0.15, 0.2) is 0 Å². The van der Waals surface area contributed by atoms with E-state index < -0.39 is 11.9 Å². The van der Waals surface area contributed by atoms with Gasteiger partial charge in [0.2, 0.25) is 11.8 Å². The third-order valence-electron chi connectivity index (χ3n) is 5.61. The largest absolute Gasteiger partial charge is 0.371 e. The molecule has 0 aromatic heterocycles. The third-order valence-corrected chi connectivity index (χ3v) is 5.61. The number of rotatable bonds is 3. The van der Waals surface area contributed by atoms with Gasteiger partial charge in [0.1, 0.15) is 12.3 Å². The SMILES string of the molecule is O=CC1CCN(c2ccc3c(c2)C(=O)N(C2CCC(=O)NC2=O)C3)CC1. The molecule has 1 aromatic rings. The zero-order valence-electron chi connectivity index (χ0n) is 14.4. The number of amides is 3. The summed E-state index contributed by atoms with van der Waals surface area (Å²) in [6, 6.07) is 5.26. The minimum absolute atomic E-state index is 0.130. The number of piperidine rings is 2. The molecule has 3 heterocycles. The highest BCUT2D eigenvalue weighted by Gasteiger charge is 2.39. The number of fused-ring (bicyclic) bond motifs is 1. The number of hydrogen-bond acceptors (Lipinski definition) is 5. The van der Waals surface area contributed by atoms with Crippen LogP contribution in [-0.4, -0.2) is 48.0 Å². The summed E-state index contributed by atoms with van der Waals surface area (Å²) in [6.07, 6.45) is 3.32. The molecule has 2 saturated heterocycles. The summed E-state index contributed by atoms with van der Waals surface area (Å²) in [7, 11) is 0. The Morgan fingerprint density at radius 2 is 1.85 bits per heavy atom. The quantitative estimate of drug-likeness (QED) is 0.642. The van der Waals surface area contributed by atoms with Crippen molar-refractivity contribution >= 4 is 29.7 Å². The second-order valence-corrected chi connectivity index (χ2v) is 7.20. The lowest BCUT2D eigenvalue weighted by Gasteiger charge is -2.31. The van der Waals surface area contributed by atoms with Gasteiger partial charge in [-0.1, -0.05) is 6.07 Å². The van der Waals surface area contributed by atoms with Gasteiger partial charge in [0.05, 0.1) is 0 Å². The maximum atomic E-state index is 12.9. The number of carbonyl (C=O) groups is 4. The van der Waals surface area contributed by atoms with Crippen LogP contribution in [-0.2, 0) is 20.9 Å². The monoisotopic (exact) mass is 355 g/mol. The molecule has 26 heavy (non-hydrogen) atoms. The summed E-state index contributed by atoms with van der Waals surface area (Å²) in [5.74, 6) is -0.695. The Kier molecular flexibility index (Phi) is 4.22. The Balaban J connectivity index is 1.51. The first-order chi connectivity index (χ1) is 12.6. The molecule has 0 bridgehead atoms. The Morgan fingerprint density at radius 1 is 1.08 bits per heavy atom. The van der Waals surface area contributed by atoms with E-state index in [4.69, 9.17) is 0 Å². The number of hydrogen-bond donors (Lipinski definition) is 1. The topological polar surface area (TPSA) is 86.8 Å². The third kappa shape index (κ3) is 2.87. The van der Waals surface area contributed by atoms with Crippen molar-refractivity contribution in [2.75, 3.05) is 18.0 Å². The molecule has 7 nitrogen and oxygen atoms in total. The smallest absolute Gasteiger partial charge is 0.255 e. The van der Waals surface area contributed by atoms with Gasteiger partial charge in [-0.2, -0.15) is 0 Å². The van der Waals surface area contributed by atoms with Crippen LogP contribution in [0, 0.1) is 5.92 Å². The van der Waals surface area contributed by atoms with E-state index in [2.05, 4.69) is 10.2 Å². The van der Waals surface area contributed by atoms with Gasteiger partial charge < -0.3 is 14.6 Å². The highest BCUT2D eigenvalue weighted by Crippen LogP contribution is 2.31. The van der Waals surface area contributed by atoms with Crippen LogP contribution in [0.5, 0.6) is 0 Å². The molecule has 0 radical (unpaired) electrons. The number of aldehydes is 1. The number of nitrogens with zero attached hydrogens (tertiary/aromatic N) is 2. The van der Waals surface area contributed by atoms with E-state index in [1.165, 1.54) is 0 Å². The first-order valence-electron chi connectivity index (χ1n) is 9.04. The van der Waals surface area contributed by atoms with Gasteiger partial charge in [-0.15, -0.1) is 0 Å². The number of nitrogens with one attached hydrogen (secondary N) is 1. The molecular formula is C19H21N3O4. The number of benzene rings is 1. The highest BCUT2D eigenvalue weighted by molar-refractivity contribution is 6.05. The van der Waals surface area contributed by atoms with Gasteiger partial charge in [-0.25, -0.2) is 0 Å². The summed E-state index contributed by atoms with van der Waals surface area (Å²) in [6.45, 7) is 1.99. The van der Waals surface area contributed by atoms with E-state index in [1.54, 1.807) is 4.90 Å². The first-order valence-corrected chi connectivity index (χ1v) is 9.04. The molecule has 1 unspecified atom stereocenters. The van der Waals surface area contributed by atoms with Crippen molar-refractivity contribution in [3.8, 4) is 0 Å². The molecule has 2 fully saturated rings. The maximum absolute atomic E-state index is 12.9. The van der Waals surface area contributed by atoms with Crippen molar-refractivity contribution in [2.24, 2.45) is 5.92 Å². The van der Waals surface area contributed by atoms with Crippen LogP contribution in [0.4, 0.5) is 5.69 Å². The van der Waals surface area contributed by atoms with Crippen LogP contribution >= 0.6 is 0 Å². The number of carbonyl (C=O) groups excluding carboxylic acids is 4. The number of imide groups is 1. The lowest BCUT2D eigenvalue weighted by molar-refractivity contribution is -0.136. The lowest BCUT2D eigenvalue weighted by atomic mass is 9.97. The van der Waals surface area contributed by atoms with Crippen LogP contribution in [0.2, 0.25) is 0 Å². The first kappa shape index (κ1) is 16.8. The van der Waals surface area contributed by atoms with Crippen molar-refractivity contribution in [2.45, 2.75) is 38.3 Å². The molecule has 0 saturated carbocycles. The second-order valence-electron chi connectivity index (χ2n) is 7.20. The van der Waals surface area contributed by atoms with E-state index in [1.807, 2.05) is 18.2 Å². The second kappa shape index (κ2) is 6.55. The van der Waals surface area contributed by atoms with Crippen molar-refractivity contribution in [1.82, 2.24) is 10.2 Å². The van der Waals surface area contributed by atoms with Crippen LogP contribution in [0.15, 0.2) is 18.2 Å². The summed E-state index contributed by atoms with van der Waals surface area (Å²) in [4.78, 5) is 51.0. The van der Waals surface area contributed by atoms with Gasteiger partial charge in [-0.3, -0.25) is 19.7 Å². The van der Waals surface area contributed by atoms with Crippen molar-refractivity contribution in [3.63, 3.8) is 0 Å². The minimum atomic E-state index is -0.584. The lowest BCUT2D eigenvalue weighted by Crippen LogP contribution is -2.52. The van der Waals surface area contributed by atoms with Crippen molar-refractivity contribution in [3.05, 3.63) is 29.3 Å². The van der Waals surface area contributed by atoms with Crippen LogP contribution in [0.1, 0.15) is 41.6 Å². The summed E-state index contributed by atoms with van der Waals surface area (Å²) >= 11 is 0. The van der Waals surface area contributed by atoms with E-state index in [-0.39, 0.29) is 24.2 Å². The average Bonchev–Trinajstić information content (AvgIpc) is 2.98. The van der Waals surface area contributed by atoms with Crippen LogP contribution in [0.3, 0.4) is 0 Å². The zero-order valence-corrected chi connectivity index (χ0v) is 14.4. The normalized spacial score (nSPS) is 23.8. The molecule has 1 atom stereocenters. The predicted molar refractivity (Wildman–Crippen MR) is 93.5 cm³/mol. The maximum Gasteiger partial charge on any atom is 0.255 e. The fourth-order valence-corrected chi connectivity index (χ4v) is 4.03. The molecule has 1 aromatic carbocycles. The summed E-state index contributed by atoms with van der Waals surface area (Å²) in [5.41, 5.74) is 2.52. The highest BCUT2D eigenvalue weighted by atomic mass is 16.2. The van der Waals surface area contributed by atoms with E-state index >= 15 is 0 Å². The standard InChI is InChI=1S/C19H21N3O4/c23-11-12-5-7-21(8-6-12)14-2-1-13-10-22(19(26)15(13)9-14)16-3-4-17(24)20-18(16)25/h1-2,9,11-12,16H,3-8,10H2,(H,20,24,25). The molecule has 1 N–H and O–H groups in total. The summed E-state index contributed by atoms with van der Waals surface area (Å²) in [5, 5.41) is 2.32. The van der Waals surface area contributed by atoms with Crippen molar-refractivity contribution < 1.29 is 19.2 Å². The predicted octanol–water partition coefficient (Wildman–Crippen LogP) is 0.863. The van der Waals surface area contributed by atoms with Gasteiger partial charge >= 0.3 is 0 Å². The number of anilines is 1. The van der Waals surface area contributed by atoms with E-state index in [0.29, 0.717) is 18.5 Å². The Morgan fingerprint density at radius 3 is 2.54 bits per heavy atom. The van der Waals surface area contributed by atoms with Gasteiger partial charge in [0.25, 0.3) is 5.91 Å². The van der Waals surface area contributed by atoms with E-state index in [0.717, 1.165) is 43.5 Å². The zero-order chi connectivity index (χ0) is 18.3. The summed E-state index contributed by atoms with van der Waals surface area (Å²) < 4.78 is 0. The molecule has 7 heteroatoms. The Hall–Kier alpha value is -2.70. The average molecular weight is 355 g/mol. The molecule has 4 rings (SSSR count). The molecule has 3 amide bonds. The van der Waals surface area contributed by atoms with Gasteiger partial charge in [-0.05, 0) is 37.0 Å². The molecule has 0 aliphatic carbocycles. The Labute approximate surface area is 151 Å². The minimum Gasteiger partial charge on any atom is -0.371 e. The molecule has 3 aliphatic heterocycles. The van der Waals surface area contributed by atoms with Gasteiger partial charge in [0, 0.05) is 43.2 Å². The molecule has 3 aliphatic rings. The fourth-order valence-electron chi connectivity index (χ4n) is 4.03. The fraction of sp³-hybridized carbons (Fsp3) is 0.474. The molecular weight excluding hydrogens is 334 g/mol. The Bertz CT molecular complexity index is 783. The van der Waals surface area contributed by atoms with Crippen molar-refractivity contribution in [1.29, 1.82) is 0 Å². The van der Waals surface area contributed by atoms with E-state index in [9.17, 15) is 19.2 Å².